The molecule has 3 fully saturated rings. The van der Waals surface area contributed by atoms with Gasteiger partial charge in [-0.25, -0.2) is 4.79 Å². The van der Waals surface area contributed by atoms with Gasteiger partial charge in [-0.3, -0.25) is 19.4 Å². The van der Waals surface area contributed by atoms with Crippen LogP contribution < -0.4 is 0 Å². The fourth-order valence-electron chi connectivity index (χ4n) is 5.06. The molecule has 0 N–H and O–H groups in total. The average molecular weight is 389 g/mol. The lowest BCUT2D eigenvalue weighted by Gasteiger charge is -2.41. The molecule has 1 aliphatic heterocycles. The number of hydrogen-bond donors (Lipinski definition) is 0. The monoisotopic (exact) mass is 388 g/mol. The molecule has 4 amide bonds. The van der Waals surface area contributed by atoms with Gasteiger partial charge in [-0.2, -0.15) is 0 Å². The van der Waals surface area contributed by atoms with Gasteiger partial charge in [0.15, 0.2) is 0 Å². The molecule has 2 bridgehead atoms. The summed E-state index contributed by atoms with van der Waals surface area (Å²) >= 11 is 6.12. The van der Waals surface area contributed by atoms with Crippen LogP contribution >= 0.6 is 11.6 Å². The third-order valence-corrected chi connectivity index (χ3v) is 6.74. The Morgan fingerprint density at radius 1 is 1.11 bits per heavy atom. The number of barbiturate groups is 1. The summed E-state index contributed by atoms with van der Waals surface area (Å²) in [6.45, 7) is 4.20. The van der Waals surface area contributed by atoms with Gasteiger partial charge >= 0.3 is 6.03 Å². The molecule has 144 valence electrons. The van der Waals surface area contributed by atoms with Crippen LogP contribution in [0, 0.1) is 11.8 Å². The number of hydrogen-bond acceptors (Lipinski definition) is 3. The van der Waals surface area contributed by atoms with Crippen LogP contribution in [-0.4, -0.2) is 40.2 Å². The molecule has 0 radical (unpaired) electrons. The van der Waals surface area contributed by atoms with E-state index in [2.05, 4.69) is 0 Å². The summed E-state index contributed by atoms with van der Waals surface area (Å²) in [4.78, 5) is 40.9. The van der Waals surface area contributed by atoms with E-state index in [9.17, 15) is 14.4 Å². The largest absolute Gasteiger partial charge is 0.333 e. The summed E-state index contributed by atoms with van der Waals surface area (Å²) in [5.74, 6) is 0.285. The standard InChI is InChI=1S/C21H25ClN2O3/c1-21(2,15-4-3-5-16(22)10-15)12-23-18(25)11-19(26)24(20(23)27)17-9-13-6-7-14(17)8-13/h3-5,10,13-14,17H,6-9,11-12H2,1-2H3/t13-,14+,17-/m1/s1. The smallest absolute Gasteiger partial charge is 0.274 e. The van der Waals surface area contributed by atoms with Crippen LogP contribution in [-0.2, 0) is 15.0 Å². The second-order valence-corrected chi connectivity index (χ2v) is 9.28. The van der Waals surface area contributed by atoms with E-state index in [0.29, 0.717) is 16.9 Å². The van der Waals surface area contributed by atoms with Crippen molar-refractivity contribution >= 4 is 29.4 Å². The van der Waals surface area contributed by atoms with Crippen molar-refractivity contribution in [1.29, 1.82) is 0 Å². The Hall–Kier alpha value is -1.88. The number of nitrogens with zero attached hydrogens (tertiary/aromatic N) is 2. The van der Waals surface area contributed by atoms with Crippen molar-refractivity contribution in [2.45, 2.75) is 57.4 Å². The third-order valence-electron chi connectivity index (χ3n) is 6.50. The summed E-state index contributed by atoms with van der Waals surface area (Å²) < 4.78 is 0. The summed E-state index contributed by atoms with van der Waals surface area (Å²) in [6.07, 6.45) is 4.05. The summed E-state index contributed by atoms with van der Waals surface area (Å²) in [7, 11) is 0. The number of carbonyl (C=O) groups is 3. The van der Waals surface area contributed by atoms with Crippen LogP contribution in [0.25, 0.3) is 0 Å². The van der Waals surface area contributed by atoms with Crippen LogP contribution in [0.5, 0.6) is 0 Å². The van der Waals surface area contributed by atoms with E-state index >= 15 is 0 Å². The van der Waals surface area contributed by atoms with E-state index in [0.717, 1.165) is 24.8 Å². The molecule has 27 heavy (non-hydrogen) atoms. The fourth-order valence-corrected chi connectivity index (χ4v) is 5.25. The van der Waals surface area contributed by atoms with E-state index in [1.165, 1.54) is 16.2 Å². The van der Waals surface area contributed by atoms with Gasteiger partial charge in [0.2, 0.25) is 11.8 Å². The molecule has 0 unspecified atom stereocenters. The summed E-state index contributed by atoms with van der Waals surface area (Å²) in [5.41, 5.74) is 0.496. The van der Waals surface area contributed by atoms with Crippen molar-refractivity contribution in [3.63, 3.8) is 0 Å². The Morgan fingerprint density at radius 2 is 1.89 bits per heavy atom. The maximum atomic E-state index is 13.2. The minimum Gasteiger partial charge on any atom is -0.274 e. The molecule has 6 heteroatoms. The Kier molecular flexibility index (Phi) is 4.53. The number of imide groups is 2. The fraction of sp³-hybridized carbons (Fsp3) is 0.571. The van der Waals surface area contributed by atoms with Crippen LogP contribution in [0.2, 0.25) is 5.02 Å². The first kappa shape index (κ1) is 18.5. The SMILES string of the molecule is CC(C)(CN1C(=O)CC(=O)N([C@@H]2C[C@@H]3CC[C@H]2C3)C1=O)c1cccc(Cl)c1. The molecule has 1 aromatic rings. The Bertz CT molecular complexity index is 806. The zero-order chi connectivity index (χ0) is 19.3. The van der Waals surface area contributed by atoms with Gasteiger partial charge in [0.25, 0.3) is 0 Å². The molecule has 2 saturated carbocycles. The van der Waals surface area contributed by atoms with Gasteiger partial charge < -0.3 is 0 Å². The molecule has 5 nitrogen and oxygen atoms in total. The lowest BCUT2D eigenvalue weighted by atomic mass is 9.84. The molecule has 1 saturated heterocycles. The van der Waals surface area contributed by atoms with Crippen molar-refractivity contribution < 1.29 is 14.4 Å². The number of urea groups is 1. The van der Waals surface area contributed by atoms with Gasteiger partial charge in [0, 0.05) is 23.0 Å². The van der Waals surface area contributed by atoms with Gasteiger partial charge in [0.05, 0.1) is 0 Å². The van der Waals surface area contributed by atoms with Crippen molar-refractivity contribution in [3.8, 4) is 0 Å². The second kappa shape index (κ2) is 6.62. The second-order valence-electron chi connectivity index (χ2n) is 8.84. The Labute approximate surface area is 164 Å². The predicted octanol–water partition coefficient (Wildman–Crippen LogP) is 3.99. The van der Waals surface area contributed by atoms with E-state index in [1.54, 1.807) is 6.07 Å². The van der Waals surface area contributed by atoms with Crippen molar-refractivity contribution in [2.75, 3.05) is 6.54 Å². The maximum absolute atomic E-state index is 13.2. The summed E-state index contributed by atoms with van der Waals surface area (Å²) in [6, 6.07) is 7.00. The van der Waals surface area contributed by atoms with Gasteiger partial charge in [0.1, 0.15) is 6.42 Å². The van der Waals surface area contributed by atoms with E-state index < -0.39 is 17.4 Å². The lowest BCUT2D eigenvalue weighted by Crippen LogP contribution is -2.61. The highest BCUT2D eigenvalue weighted by molar-refractivity contribution is 6.30. The summed E-state index contributed by atoms with van der Waals surface area (Å²) in [5, 5.41) is 0.621. The highest BCUT2D eigenvalue weighted by atomic mass is 35.5. The third kappa shape index (κ3) is 3.27. The number of rotatable bonds is 4. The number of fused-ring (bicyclic) bond motifs is 2. The minimum atomic E-state index is -0.461. The maximum Gasteiger partial charge on any atom is 0.333 e. The van der Waals surface area contributed by atoms with Crippen LogP contribution in [0.1, 0.15) is 51.5 Å². The zero-order valence-electron chi connectivity index (χ0n) is 15.8. The average Bonchev–Trinajstić information content (AvgIpc) is 3.22. The van der Waals surface area contributed by atoms with Gasteiger partial charge in [-0.15, -0.1) is 0 Å². The Balaban J connectivity index is 1.57. The Morgan fingerprint density at radius 3 is 2.52 bits per heavy atom. The van der Waals surface area contributed by atoms with Crippen molar-refractivity contribution in [1.82, 2.24) is 9.80 Å². The van der Waals surface area contributed by atoms with Crippen LogP contribution in [0.4, 0.5) is 4.79 Å². The number of halogens is 1. The molecule has 1 heterocycles. The van der Waals surface area contributed by atoms with Crippen molar-refractivity contribution in [2.24, 2.45) is 11.8 Å². The lowest BCUT2D eigenvalue weighted by molar-refractivity contribution is -0.145. The highest BCUT2D eigenvalue weighted by Crippen LogP contribution is 2.47. The molecule has 4 rings (SSSR count). The van der Waals surface area contributed by atoms with Crippen molar-refractivity contribution in [3.05, 3.63) is 34.9 Å². The number of carbonyl (C=O) groups excluding carboxylic acids is 3. The van der Waals surface area contributed by atoms with E-state index in [4.69, 9.17) is 11.6 Å². The van der Waals surface area contributed by atoms with Crippen LogP contribution in [0.15, 0.2) is 24.3 Å². The first-order valence-corrected chi connectivity index (χ1v) is 10.1. The first-order valence-electron chi connectivity index (χ1n) is 9.69. The number of benzene rings is 1. The molecule has 3 aliphatic rings. The zero-order valence-corrected chi connectivity index (χ0v) is 16.5. The quantitative estimate of drug-likeness (QED) is 0.733. The van der Waals surface area contributed by atoms with Gasteiger partial charge in [-0.1, -0.05) is 44.0 Å². The van der Waals surface area contributed by atoms with Gasteiger partial charge in [-0.05, 0) is 48.8 Å². The molecule has 0 spiro atoms. The molecule has 0 aromatic heterocycles. The first-order chi connectivity index (χ1) is 12.8. The highest BCUT2D eigenvalue weighted by Gasteiger charge is 2.50. The molecule has 3 atom stereocenters. The molecule has 1 aromatic carbocycles. The normalized spacial score (nSPS) is 28.4. The minimum absolute atomic E-state index is 0.0337. The molecular weight excluding hydrogens is 364 g/mol. The molecule has 2 aliphatic carbocycles. The number of amides is 4. The van der Waals surface area contributed by atoms with E-state index in [1.807, 2.05) is 32.0 Å². The predicted molar refractivity (Wildman–Crippen MR) is 102 cm³/mol. The topological polar surface area (TPSA) is 57.7 Å². The van der Waals surface area contributed by atoms with E-state index in [-0.39, 0.29) is 24.9 Å². The van der Waals surface area contributed by atoms with Crippen LogP contribution in [0.3, 0.4) is 0 Å². The molecular formula is C21H25ClN2O3.